The van der Waals surface area contributed by atoms with Gasteiger partial charge in [-0.05, 0) is 18.2 Å². The Bertz CT molecular complexity index is 499. The quantitative estimate of drug-likeness (QED) is 0.885. The van der Waals surface area contributed by atoms with Crippen molar-refractivity contribution in [2.75, 3.05) is 7.11 Å². The average Bonchev–Trinajstić information content (AvgIpc) is 2.77. The van der Waals surface area contributed by atoms with Crippen LogP contribution >= 0.6 is 11.6 Å². The summed E-state index contributed by atoms with van der Waals surface area (Å²) in [6, 6.07) is 5.26. The largest absolute Gasteiger partial charge is 0.495 e. The monoisotopic (exact) mass is 239 g/mol. The van der Waals surface area contributed by atoms with Crippen LogP contribution in [0.3, 0.4) is 0 Å². The fourth-order valence-electron chi connectivity index (χ4n) is 1.26. The Morgan fingerprint density at radius 1 is 1.50 bits per heavy atom. The number of methoxy groups -OCH3 is 1. The maximum absolute atomic E-state index is 5.98. The molecule has 0 aliphatic carbocycles. The SMILES string of the molecule is COc1ccc(-c2noc(CN)n2)cc1Cl. The highest BCUT2D eigenvalue weighted by atomic mass is 35.5. The van der Waals surface area contributed by atoms with Crippen LogP contribution in [0.5, 0.6) is 5.75 Å². The number of halogens is 1. The summed E-state index contributed by atoms with van der Waals surface area (Å²) < 4.78 is 9.95. The van der Waals surface area contributed by atoms with Crippen molar-refractivity contribution in [1.29, 1.82) is 0 Å². The highest BCUT2D eigenvalue weighted by molar-refractivity contribution is 6.32. The first kappa shape index (κ1) is 10.9. The molecule has 0 unspecified atom stereocenters. The molecule has 0 amide bonds. The van der Waals surface area contributed by atoms with Crippen LogP contribution in [0.25, 0.3) is 11.4 Å². The molecule has 0 saturated carbocycles. The third-order valence-electron chi connectivity index (χ3n) is 2.05. The number of benzene rings is 1. The molecule has 1 aromatic heterocycles. The molecular formula is C10H10ClN3O2. The molecule has 0 fully saturated rings. The first-order valence-electron chi connectivity index (χ1n) is 4.61. The van der Waals surface area contributed by atoms with Crippen LogP contribution in [-0.4, -0.2) is 17.3 Å². The van der Waals surface area contributed by atoms with Gasteiger partial charge in [-0.25, -0.2) is 0 Å². The summed E-state index contributed by atoms with van der Waals surface area (Å²) >= 11 is 5.98. The van der Waals surface area contributed by atoms with Crippen LogP contribution in [0.2, 0.25) is 5.02 Å². The third kappa shape index (κ3) is 2.00. The number of hydrogen-bond acceptors (Lipinski definition) is 5. The van der Waals surface area contributed by atoms with Crippen molar-refractivity contribution in [3.63, 3.8) is 0 Å². The third-order valence-corrected chi connectivity index (χ3v) is 2.35. The van der Waals surface area contributed by atoms with Gasteiger partial charge in [0.1, 0.15) is 5.75 Å². The van der Waals surface area contributed by atoms with Crippen molar-refractivity contribution >= 4 is 11.6 Å². The number of hydrogen-bond donors (Lipinski definition) is 1. The summed E-state index contributed by atoms with van der Waals surface area (Å²) in [6.45, 7) is 0.219. The fraction of sp³-hybridized carbons (Fsp3) is 0.200. The minimum Gasteiger partial charge on any atom is -0.495 e. The summed E-state index contributed by atoms with van der Waals surface area (Å²) in [5.41, 5.74) is 6.13. The highest BCUT2D eigenvalue weighted by Crippen LogP contribution is 2.28. The molecule has 5 nitrogen and oxygen atoms in total. The van der Waals surface area contributed by atoms with E-state index in [9.17, 15) is 0 Å². The summed E-state index contributed by atoms with van der Waals surface area (Å²) in [7, 11) is 1.56. The van der Waals surface area contributed by atoms with Gasteiger partial charge < -0.3 is 15.0 Å². The topological polar surface area (TPSA) is 74.2 Å². The maximum Gasteiger partial charge on any atom is 0.240 e. The van der Waals surface area contributed by atoms with E-state index in [-0.39, 0.29) is 6.54 Å². The summed E-state index contributed by atoms with van der Waals surface area (Å²) in [5.74, 6) is 1.46. The van der Waals surface area contributed by atoms with E-state index < -0.39 is 0 Å². The van der Waals surface area contributed by atoms with Gasteiger partial charge in [-0.1, -0.05) is 16.8 Å². The molecule has 2 rings (SSSR count). The molecule has 0 aliphatic rings. The summed E-state index contributed by atoms with van der Waals surface area (Å²) in [6.07, 6.45) is 0. The van der Waals surface area contributed by atoms with Crippen LogP contribution in [0.4, 0.5) is 0 Å². The summed E-state index contributed by atoms with van der Waals surface area (Å²) in [5, 5.41) is 4.29. The van der Waals surface area contributed by atoms with E-state index in [4.69, 9.17) is 26.6 Å². The van der Waals surface area contributed by atoms with Crippen LogP contribution < -0.4 is 10.5 Å². The van der Waals surface area contributed by atoms with Gasteiger partial charge in [0.15, 0.2) is 0 Å². The molecule has 16 heavy (non-hydrogen) atoms. The van der Waals surface area contributed by atoms with Crippen molar-refractivity contribution in [3.8, 4) is 17.1 Å². The fourth-order valence-corrected chi connectivity index (χ4v) is 1.52. The van der Waals surface area contributed by atoms with E-state index in [2.05, 4.69) is 10.1 Å². The number of ether oxygens (including phenoxy) is 1. The average molecular weight is 240 g/mol. The lowest BCUT2D eigenvalue weighted by molar-refractivity contribution is 0.380. The molecule has 0 saturated heterocycles. The molecule has 2 N–H and O–H groups in total. The van der Waals surface area contributed by atoms with E-state index in [0.29, 0.717) is 22.5 Å². The van der Waals surface area contributed by atoms with Gasteiger partial charge in [-0.15, -0.1) is 0 Å². The second-order valence-corrected chi connectivity index (χ2v) is 3.47. The second kappa shape index (κ2) is 4.51. The van der Waals surface area contributed by atoms with E-state index in [1.54, 1.807) is 25.3 Å². The first-order valence-corrected chi connectivity index (χ1v) is 4.99. The van der Waals surface area contributed by atoms with E-state index in [0.717, 1.165) is 5.56 Å². The number of nitrogens with two attached hydrogens (primary N) is 1. The number of rotatable bonds is 3. The van der Waals surface area contributed by atoms with Gasteiger partial charge in [-0.2, -0.15) is 4.98 Å². The van der Waals surface area contributed by atoms with E-state index >= 15 is 0 Å². The maximum atomic E-state index is 5.98. The standard InChI is InChI=1S/C10H10ClN3O2/c1-15-8-3-2-6(4-7(8)11)10-13-9(5-12)16-14-10/h2-4H,5,12H2,1H3. The Hall–Kier alpha value is -1.59. The van der Waals surface area contributed by atoms with Crippen LogP contribution in [0.1, 0.15) is 5.89 Å². The van der Waals surface area contributed by atoms with Gasteiger partial charge in [0.25, 0.3) is 0 Å². The first-order chi connectivity index (χ1) is 7.74. The molecule has 0 atom stereocenters. The van der Waals surface area contributed by atoms with Crippen molar-refractivity contribution in [3.05, 3.63) is 29.1 Å². The predicted molar refractivity (Wildman–Crippen MR) is 59.2 cm³/mol. The Morgan fingerprint density at radius 3 is 2.88 bits per heavy atom. The predicted octanol–water partition coefficient (Wildman–Crippen LogP) is 1.86. The van der Waals surface area contributed by atoms with E-state index in [1.807, 2.05) is 0 Å². The Kier molecular flexibility index (Phi) is 3.07. The molecule has 0 aliphatic heterocycles. The smallest absolute Gasteiger partial charge is 0.240 e. The Balaban J connectivity index is 2.37. The van der Waals surface area contributed by atoms with Crippen molar-refractivity contribution in [1.82, 2.24) is 10.1 Å². The minimum absolute atomic E-state index is 0.219. The molecule has 0 spiro atoms. The van der Waals surface area contributed by atoms with Crippen molar-refractivity contribution in [2.24, 2.45) is 5.73 Å². The van der Waals surface area contributed by atoms with Crippen LogP contribution in [-0.2, 0) is 6.54 Å². The number of aromatic nitrogens is 2. The lowest BCUT2D eigenvalue weighted by Crippen LogP contribution is -1.95. The van der Waals surface area contributed by atoms with Gasteiger partial charge >= 0.3 is 0 Å². The molecule has 0 radical (unpaired) electrons. The van der Waals surface area contributed by atoms with Crippen LogP contribution in [0.15, 0.2) is 22.7 Å². The zero-order valence-electron chi connectivity index (χ0n) is 8.61. The van der Waals surface area contributed by atoms with Crippen molar-refractivity contribution in [2.45, 2.75) is 6.54 Å². The Morgan fingerprint density at radius 2 is 2.31 bits per heavy atom. The lowest BCUT2D eigenvalue weighted by atomic mass is 10.2. The zero-order chi connectivity index (χ0) is 11.5. The molecule has 0 bridgehead atoms. The highest BCUT2D eigenvalue weighted by Gasteiger charge is 2.09. The molecular weight excluding hydrogens is 230 g/mol. The lowest BCUT2D eigenvalue weighted by Gasteiger charge is -2.02. The molecule has 2 aromatic rings. The van der Waals surface area contributed by atoms with Gasteiger partial charge in [0.2, 0.25) is 11.7 Å². The molecule has 6 heteroatoms. The number of nitrogens with zero attached hydrogens (tertiary/aromatic N) is 2. The normalized spacial score (nSPS) is 10.4. The van der Waals surface area contributed by atoms with E-state index in [1.165, 1.54) is 0 Å². The summed E-state index contributed by atoms with van der Waals surface area (Å²) in [4.78, 5) is 4.09. The zero-order valence-corrected chi connectivity index (χ0v) is 9.36. The Labute approximate surface area is 97.2 Å². The minimum atomic E-state index is 0.219. The second-order valence-electron chi connectivity index (χ2n) is 3.07. The van der Waals surface area contributed by atoms with Crippen LogP contribution in [0, 0.1) is 0 Å². The van der Waals surface area contributed by atoms with Gasteiger partial charge in [-0.3, -0.25) is 0 Å². The van der Waals surface area contributed by atoms with Gasteiger partial charge in [0.05, 0.1) is 18.7 Å². The molecule has 1 heterocycles. The van der Waals surface area contributed by atoms with Crippen molar-refractivity contribution < 1.29 is 9.26 Å². The van der Waals surface area contributed by atoms with Gasteiger partial charge in [0, 0.05) is 5.56 Å². The molecule has 84 valence electrons. The molecule has 1 aromatic carbocycles.